The largest absolute Gasteiger partial charge is 0.462 e. The normalized spacial score (nSPS) is 11.6. The van der Waals surface area contributed by atoms with Gasteiger partial charge in [0.2, 0.25) is 5.91 Å². The van der Waals surface area contributed by atoms with E-state index in [2.05, 4.69) is 16.0 Å². The molecule has 7 rings (SSSR count). The minimum absolute atomic E-state index is 0.0502. The average Bonchev–Trinajstić information content (AvgIpc) is 3.70. The topological polar surface area (TPSA) is 114 Å². The maximum Gasteiger partial charge on any atom is 0.341 e. The molecule has 3 amide bonds. The van der Waals surface area contributed by atoms with E-state index in [1.54, 1.807) is 55.5 Å². The molecule has 7 aromatic rings. The predicted molar refractivity (Wildman–Crippen MR) is 243 cm³/mol. The van der Waals surface area contributed by atoms with Crippen LogP contribution in [0.25, 0.3) is 28.3 Å². The molecule has 0 aliphatic rings. The van der Waals surface area contributed by atoms with Crippen molar-refractivity contribution in [3.63, 3.8) is 0 Å². The fourth-order valence-corrected chi connectivity index (χ4v) is 8.42. The number of thioether (sulfide) groups is 1. The van der Waals surface area contributed by atoms with E-state index in [9.17, 15) is 19.2 Å². The molecule has 0 saturated carbocycles. The van der Waals surface area contributed by atoms with Gasteiger partial charge in [-0.25, -0.2) is 4.79 Å². The number of amides is 3. The van der Waals surface area contributed by atoms with E-state index in [0.717, 1.165) is 33.4 Å². The molecule has 0 fully saturated rings. The monoisotopic (exact) mass is 827 g/mol. The molecule has 6 aromatic carbocycles. The molecule has 0 aliphatic carbocycles. The van der Waals surface area contributed by atoms with Gasteiger partial charge >= 0.3 is 5.97 Å². The Morgan fingerprint density at radius 2 is 1.33 bits per heavy atom. The van der Waals surface area contributed by atoms with Crippen molar-refractivity contribution in [1.82, 2.24) is 5.32 Å². The van der Waals surface area contributed by atoms with Gasteiger partial charge in [-0.05, 0) is 78.1 Å². The molecular formula is C50H41N3O5S2. The van der Waals surface area contributed by atoms with E-state index in [4.69, 9.17) is 4.74 Å². The summed E-state index contributed by atoms with van der Waals surface area (Å²) >= 11 is 2.57. The highest BCUT2D eigenvalue weighted by molar-refractivity contribution is 8.00. The summed E-state index contributed by atoms with van der Waals surface area (Å²) in [6.07, 6.45) is 1.64. The van der Waals surface area contributed by atoms with Gasteiger partial charge < -0.3 is 20.7 Å². The number of hydrogen-bond acceptors (Lipinski definition) is 7. The first-order valence-corrected chi connectivity index (χ1v) is 21.0. The van der Waals surface area contributed by atoms with Crippen LogP contribution in [-0.4, -0.2) is 30.3 Å². The van der Waals surface area contributed by atoms with Crippen LogP contribution >= 0.6 is 23.1 Å². The summed E-state index contributed by atoms with van der Waals surface area (Å²) < 4.78 is 5.44. The molecule has 298 valence electrons. The Labute approximate surface area is 357 Å². The minimum Gasteiger partial charge on any atom is -0.462 e. The molecule has 0 saturated heterocycles. The van der Waals surface area contributed by atoms with Crippen molar-refractivity contribution in [3.05, 3.63) is 203 Å². The molecule has 1 unspecified atom stereocenters. The number of rotatable bonds is 14. The van der Waals surface area contributed by atoms with Gasteiger partial charge in [-0.3, -0.25) is 14.4 Å². The fraction of sp³-hybridized carbons (Fsp3) is 0.0800. The smallest absolute Gasteiger partial charge is 0.341 e. The van der Waals surface area contributed by atoms with E-state index in [1.165, 1.54) is 23.1 Å². The highest BCUT2D eigenvalue weighted by atomic mass is 32.2. The van der Waals surface area contributed by atoms with Crippen LogP contribution in [0, 0.1) is 6.92 Å². The van der Waals surface area contributed by atoms with Gasteiger partial charge in [-0.15, -0.1) is 23.1 Å². The second kappa shape index (κ2) is 19.6. The number of anilines is 2. The quantitative estimate of drug-likeness (QED) is 0.0572. The van der Waals surface area contributed by atoms with Crippen LogP contribution in [0.2, 0.25) is 0 Å². The molecule has 10 heteroatoms. The number of thiophene rings is 1. The first kappa shape index (κ1) is 41.2. The Bertz CT molecular complexity index is 2630. The second-order valence-electron chi connectivity index (χ2n) is 13.7. The van der Waals surface area contributed by atoms with E-state index < -0.39 is 23.0 Å². The van der Waals surface area contributed by atoms with Gasteiger partial charge in [0.1, 0.15) is 21.5 Å². The highest BCUT2D eigenvalue weighted by Gasteiger charge is 2.28. The van der Waals surface area contributed by atoms with Crippen molar-refractivity contribution in [2.24, 2.45) is 0 Å². The summed E-state index contributed by atoms with van der Waals surface area (Å²) in [5.74, 6) is -1.81. The number of carbonyl (C=O) groups is 4. The van der Waals surface area contributed by atoms with Gasteiger partial charge in [0.05, 0.1) is 6.61 Å². The van der Waals surface area contributed by atoms with Gasteiger partial charge in [0, 0.05) is 27.1 Å². The number of ether oxygens (including phenoxy) is 1. The molecule has 3 N–H and O–H groups in total. The SMILES string of the molecule is CCOC(=O)c1c(-c2ccc(C)cc2)csc1NC(=O)C(Sc1cccc(NC(=O)/C(=C\c2ccc(-c3ccccc3)cc2)NC(=O)c2ccccc2)c1)c1ccccc1. The predicted octanol–water partition coefficient (Wildman–Crippen LogP) is 11.4. The Morgan fingerprint density at radius 1 is 0.700 bits per heavy atom. The first-order chi connectivity index (χ1) is 29.2. The molecule has 0 radical (unpaired) electrons. The van der Waals surface area contributed by atoms with E-state index >= 15 is 0 Å². The molecule has 0 spiro atoms. The molecule has 1 atom stereocenters. The third-order valence-electron chi connectivity index (χ3n) is 9.41. The molecule has 60 heavy (non-hydrogen) atoms. The van der Waals surface area contributed by atoms with Crippen molar-refractivity contribution in [1.29, 1.82) is 0 Å². The number of aryl methyl sites for hydroxylation is 1. The Morgan fingerprint density at radius 3 is 2.02 bits per heavy atom. The van der Waals surface area contributed by atoms with Gasteiger partial charge in [0.15, 0.2) is 0 Å². The maximum absolute atomic E-state index is 14.3. The molecular weight excluding hydrogens is 787 g/mol. The maximum atomic E-state index is 14.3. The van der Waals surface area contributed by atoms with Crippen LogP contribution < -0.4 is 16.0 Å². The van der Waals surface area contributed by atoms with Crippen molar-refractivity contribution in [2.75, 3.05) is 17.2 Å². The third-order valence-corrected chi connectivity index (χ3v) is 11.6. The fourth-order valence-electron chi connectivity index (χ4n) is 6.37. The second-order valence-corrected chi connectivity index (χ2v) is 15.7. The number of benzene rings is 6. The summed E-state index contributed by atoms with van der Waals surface area (Å²) in [6.45, 7) is 3.92. The first-order valence-electron chi connectivity index (χ1n) is 19.3. The van der Waals surface area contributed by atoms with E-state index in [1.807, 2.05) is 134 Å². The third kappa shape index (κ3) is 10.3. The Hall–Kier alpha value is -7.01. The zero-order valence-electron chi connectivity index (χ0n) is 32.9. The van der Waals surface area contributed by atoms with Crippen molar-refractivity contribution < 1.29 is 23.9 Å². The van der Waals surface area contributed by atoms with Gasteiger partial charge in [-0.1, -0.05) is 139 Å². The molecule has 1 heterocycles. The molecule has 0 bridgehead atoms. The summed E-state index contributed by atoms with van der Waals surface area (Å²) in [5, 5.41) is 10.3. The summed E-state index contributed by atoms with van der Waals surface area (Å²) in [4.78, 5) is 55.6. The van der Waals surface area contributed by atoms with Crippen LogP contribution in [0.3, 0.4) is 0 Å². The molecule has 8 nitrogen and oxygen atoms in total. The summed E-state index contributed by atoms with van der Waals surface area (Å²) in [7, 11) is 0. The lowest BCUT2D eigenvalue weighted by molar-refractivity contribution is -0.116. The Kier molecular flexibility index (Phi) is 13.5. The lowest BCUT2D eigenvalue weighted by atomic mass is 10.0. The lowest BCUT2D eigenvalue weighted by Gasteiger charge is -2.18. The van der Waals surface area contributed by atoms with Gasteiger partial charge in [-0.2, -0.15) is 0 Å². The average molecular weight is 828 g/mol. The van der Waals surface area contributed by atoms with Crippen molar-refractivity contribution in [3.8, 4) is 22.3 Å². The number of hydrogen-bond donors (Lipinski definition) is 3. The van der Waals surface area contributed by atoms with Crippen LogP contribution in [0.5, 0.6) is 0 Å². The molecule has 0 aliphatic heterocycles. The summed E-state index contributed by atoms with van der Waals surface area (Å²) in [5.41, 5.74) is 7.37. The zero-order valence-corrected chi connectivity index (χ0v) is 34.5. The van der Waals surface area contributed by atoms with Crippen LogP contribution in [0.4, 0.5) is 10.7 Å². The van der Waals surface area contributed by atoms with Crippen LogP contribution in [0.15, 0.2) is 180 Å². The highest BCUT2D eigenvalue weighted by Crippen LogP contribution is 2.40. The van der Waals surface area contributed by atoms with E-state index in [-0.39, 0.29) is 18.2 Å². The van der Waals surface area contributed by atoms with Crippen molar-refractivity contribution >= 4 is 63.6 Å². The van der Waals surface area contributed by atoms with E-state index in [0.29, 0.717) is 32.3 Å². The molecule has 1 aromatic heterocycles. The minimum atomic E-state index is -0.739. The standard InChI is InChI=1S/C50H41N3O5S2/c1-3-58-50(57)44-42(37-26-22-33(2)23-27-37)32-59-49(44)53-48(56)45(38-16-9-5-10-17-38)60-41-21-13-20-40(31-41)51-47(55)43(52-46(54)39-18-11-6-12-19-39)30-34-24-28-36(29-25-34)35-14-7-4-8-15-35/h4-32,45H,3H2,1-2H3,(H,51,55)(H,52,54)(H,53,56)/b43-30+. The number of carbonyl (C=O) groups excluding carboxylic acids is 4. The van der Waals surface area contributed by atoms with Crippen LogP contribution in [-0.2, 0) is 14.3 Å². The van der Waals surface area contributed by atoms with Crippen molar-refractivity contribution in [2.45, 2.75) is 24.0 Å². The Balaban J connectivity index is 1.14. The number of nitrogens with one attached hydrogen (secondary N) is 3. The van der Waals surface area contributed by atoms with Crippen LogP contribution in [0.1, 0.15) is 49.6 Å². The summed E-state index contributed by atoms with van der Waals surface area (Å²) in [6, 6.07) is 50.8. The lowest BCUT2D eigenvalue weighted by Crippen LogP contribution is -2.30. The zero-order chi connectivity index (χ0) is 41.8. The number of esters is 1. The van der Waals surface area contributed by atoms with Gasteiger partial charge in [0.25, 0.3) is 11.8 Å².